The Kier molecular flexibility index (Phi) is 3.66. The molecule has 1 aromatic heterocycles. The van der Waals surface area contributed by atoms with E-state index in [2.05, 4.69) is 27.0 Å². The SMILES string of the molecule is Nc1cnc(NCC2CCSCC2)cn1. The lowest BCUT2D eigenvalue weighted by Crippen LogP contribution is -2.19. The predicted molar refractivity (Wildman–Crippen MR) is 65.0 cm³/mol. The summed E-state index contributed by atoms with van der Waals surface area (Å²) in [5.74, 6) is 4.65. The smallest absolute Gasteiger partial charge is 0.144 e. The topological polar surface area (TPSA) is 63.8 Å². The van der Waals surface area contributed by atoms with Crippen molar-refractivity contribution in [1.29, 1.82) is 0 Å². The van der Waals surface area contributed by atoms with Crippen molar-refractivity contribution < 1.29 is 0 Å². The predicted octanol–water partition coefficient (Wildman–Crippen LogP) is 1.61. The van der Waals surface area contributed by atoms with Crippen LogP contribution in [0, 0.1) is 5.92 Å². The number of thioether (sulfide) groups is 1. The third-order valence-electron chi connectivity index (χ3n) is 2.58. The fraction of sp³-hybridized carbons (Fsp3) is 0.600. The quantitative estimate of drug-likeness (QED) is 0.816. The van der Waals surface area contributed by atoms with Gasteiger partial charge in [-0.15, -0.1) is 0 Å². The third-order valence-corrected chi connectivity index (χ3v) is 3.63. The zero-order valence-electron chi connectivity index (χ0n) is 8.65. The number of nitrogens with one attached hydrogen (secondary N) is 1. The maximum Gasteiger partial charge on any atom is 0.144 e. The van der Waals surface area contributed by atoms with Crippen molar-refractivity contribution >= 4 is 23.4 Å². The Balaban J connectivity index is 1.79. The van der Waals surface area contributed by atoms with Crippen LogP contribution in [0.15, 0.2) is 12.4 Å². The first-order chi connectivity index (χ1) is 7.34. The van der Waals surface area contributed by atoms with Crippen molar-refractivity contribution in [3.8, 4) is 0 Å². The maximum atomic E-state index is 5.46. The van der Waals surface area contributed by atoms with E-state index in [0.717, 1.165) is 18.3 Å². The number of anilines is 2. The van der Waals surface area contributed by atoms with E-state index in [1.807, 2.05) is 0 Å². The molecule has 0 unspecified atom stereocenters. The van der Waals surface area contributed by atoms with Crippen molar-refractivity contribution in [1.82, 2.24) is 9.97 Å². The van der Waals surface area contributed by atoms with Crippen LogP contribution in [0.2, 0.25) is 0 Å². The highest BCUT2D eigenvalue weighted by Crippen LogP contribution is 2.22. The molecule has 0 atom stereocenters. The number of nitrogen functional groups attached to an aromatic ring is 1. The fourth-order valence-corrected chi connectivity index (χ4v) is 2.83. The van der Waals surface area contributed by atoms with Crippen molar-refractivity contribution in [3.63, 3.8) is 0 Å². The molecule has 0 saturated carbocycles. The highest BCUT2D eigenvalue weighted by atomic mass is 32.2. The van der Waals surface area contributed by atoms with Crippen LogP contribution >= 0.6 is 11.8 Å². The van der Waals surface area contributed by atoms with Crippen molar-refractivity contribution in [2.75, 3.05) is 29.1 Å². The van der Waals surface area contributed by atoms with Gasteiger partial charge in [0.25, 0.3) is 0 Å². The molecule has 0 bridgehead atoms. The molecule has 1 aliphatic heterocycles. The molecule has 0 aliphatic carbocycles. The molecule has 2 heterocycles. The summed E-state index contributed by atoms with van der Waals surface area (Å²) in [6, 6.07) is 0. The molecule has 1 saturated heterocycles. The van der Waals surface area contributed by atoms with Gasteiger partial charge < -0.3 is 11.1 Å². The average Bonchev–Trinajstić information content (AvgIpc) is 2.30. The summed E-state index contributed by atoms with van der Waals surface area (Å²) in [7, 11) is 0. The first-order valence-corrected chi connectivity index (χ1v) is 6.39. The minimum atomic E-state index is 0.467. The summed E-state index contributed by atoms with van der Waals surface area (Å²) >= 11 is 2.05. The minimum absolute atomic E-state index is 0.467. The molecular weight excluding hydrogens is 208 g/mol. The second-order valence-corrected chi connectivity index (χ2v) is 4.99. The van der Waals surface area contributed by atoms with Gasteiger partial charge in [0.1, 0.15) is 11.6 Å². The molecular formula is C10H16N4S. The van der Waals surface area contributed by atoms with Gasteiger partial charge in [0, 0.05) is 6.54 Å². The zero-order chi connectivity index (χ0) is 10.5. The second kappa shape index (κ2) is 5.21. The molecule has 3 N–H and O–H groups in total. The Morgan fingerprint density at radius 3 is 2.80 bits per heavy atom. The standard InChI is InChI=1S/C10H16N4S/c11-9-6-14-10(7-12-9)13-5-8-1-3-15-4-2-8/h6-8H,1-5H2,(H2,11,12)(H,13,14). The van der Waals surface area contributed by atoms with Crippen molar-refractivity contribution in [3.05, 3.63) is 12.4 Å². The Hall–Kier alpha value is -0.970. The van der Waals surface area contributed by atoms with Crippen LogP contribution in [0.3, 0.4) is 0 Å². The number of rotatable bonds is 3. The lowest BCUT2D eigenvalue weighted by molar-refractivity contribution is 0.515. The van der Waals surface area contributed by atoms with Crippen LogP contribution in [0.25, 0.3) is 0 Å². The molecule has 1 aromatic rings. The number of nitrogens with zero attached hydrogens (tertiary/aromatic N) is 2. The van der Waals surface area contributed by atoms with E-state index >= 15 is 0 Å². The average molecular weight is 224 g/mol. The molecule has 0 radical (unpaired) electrons. The van der Waals surface area contributed by atoms with E-state index < -0.39 is 0 Å². The molecule has 0 spiro atoms. The lowest BCUT2D eigenvalue weighted by atomic mass is 10.0. The van der Waals surface area contributed by atoms with Crippen LogP contribution < -0.4 is 11.1 Å². The van der Waals surface area contributed by atoms with Gasteiger partial charge in [0.05, 0.1) is 12.4 Å². The highest BCUT2D eigenvalue weighted by molar-refractivity contribution is 7.99. The summed E-state index contributed by atoms with van der Waals surface area (Å²) in [5.41, 5.74) is 5.46. The molecule has 4 nitrogen and oxygen atoms in total. The van der Waals surface area contributed by atoms with Crippen LogP contribution in [0.4, 0.5) is 11.6 Å². The number of nitrogens with two attached hydrogens (primary N) is 1. The van der Waals surface area contributed by atoms with Gasteiger partial charge in [-0.1, -0.05) is 0 Å². The van der Waals surface area contributed by atoms with Gasteiger partial charge in [0.15, 0.2) is 0 Å². The van der Waals surface area contributed by atoms with E-state index in [4.69, 9.17) is 5.73 Å². The zero-order valence-corrected chi connectivity index (χ0v) is 9.46. The molecule has 82 valence electrons. The third kappa shape index (κ3) is 3.27. The highest BCUT2D eigenvalue weighted by Gasteiger charge is 2.13. The number of aromatic nitrogens is 2. The first-order valence-electron chi connectivity index (χ1n) is 5.24. The largest absolute Gasteiger partial charge is 0.382 e. The van der Waals surface area contributed by atoms with Gasteiger partial charge in [-0.2, -0.15) is 11.8 Å². The maximum absolute atomic E-state index is 5.46. The Morgan fingerprint density at radius 1 is 1.33 bits per heavy atom. The summed E-state index contributed by atoms with van der Waals surface area (Å²) in [6.45, 7) is 0.999. The monoisotopic (exact) mass is 224 g/mol. The minimum Gasteiger partial charge on any atom is -0.382 e. The summed E-state index contributed by atoms with van der Waals surface area (Å²) < 4.78 is 0. The summed E-state index contributed by atoms with van der Waals surface area (Å²) in [4.78, 5) is 8.15. The molecule has 0 aromatic carbocycles. The fourth-order valence-electron chi connectivity index (χ4n) is 1.63. The van der Waals surface area contributed by atoms with E-state index in [0.29, 0.717) is 5.82 Å². The van der Waals surface area contributed by atoms with Crippen LogP contribution in [0.1, 0.15) is 12.8 Å². The van der Waals surface area contributed by atoms with Crippen molar-refractivity contribution in [2.45, 2.75) is 12.8 Å². The van der Waals surface area contributed by atoms with Crippen LogP contribution in [0.5, 0.6) is 0 Å². The Labute approximate surface area is 94.1 Å². The van der Waals surface area contributed by atoms with Gasteiger partial charge in [-0.25, -0.2) is 9.97 Å². The summed E-state index contributed by atoms with van der Waals surface area (Å²) in [6.07, 6.45) is 5.88. The van der Waals surface area contributed by atoms with Gasteiger partial charge >= 0.3 is 0 Å². The normalized spacial score (nSPS) is 17.6. The Morgan fingerprint density at radius 2 is 2.13 bits per heavy atom. The molecule has 1 fully saturated rings. The van der Waals surface area contributed by atoms with Gasteiger partial charge in [0.2, 0.25) is 0 Å². The first kappa shape index (κ1) is 10.5. The Bertz CT molecular complexity index is 295. The molecule has 0 amide bonds. The molecule has 5 heteroatoms. The van der Waals surface area contributed by atoms with E-state index in [-0.39, 0.29) is 0 Å². The van der Waals surface area contributed by atoms with E-state index in [1.54, 1.807) is 12.4 Å². The molecule has 1 aliphatic rings. The molecule has 2 rings (SSSR count). The van der Waals surface area contributed by atoms with E-state index in [9.17, 15) is 0 Å². The van der Waals surface area contributed by atoms with Crippen LogP contribution in [-0.2, 0) is 0 Å². The van der Waals surface area contributed by atoms with Crippen LogP contribution in [-0.4, -0.2) is 28.0 Å². The molecule has 15 heavy (non-hydrogen) atoms. The number of hydrogen-bond donors (Lipinski definition) is 2. The van der Waals surface area contributed by atoms with Crippen molar-refractivity contribution in [2.24, 2.45) is 5.92 Å². The summed E-state index contributed by atoms with van der Waals surface area (Å²) in [5, 5.41) is 3.30. The second-order valence-electron chi connectivity index (χ2n) is 3.76. The lowest BCUT2D eigenvalue weighted by Gasteiger charge is -2.21. The van der Waals surface area contributed by atoms with Gasteiger partial charge in [-0.05, 0) is 30.3 Å². The van der Waals surface area contributed by atoms with E-state index in [1.165, 1.54) is 24.3 Å². The number of hydrogen-bond acceptors (Lipinski definition) is 5. The van der Waals surface area contributed by atoms with Gasteiger partial charge in [-0.3, -0.25) is 0 Å².